The molecule has 0 saturated carbocycles. The number of pyridine rings is 1. The van der Waals surface area contributed by atoms with Crippen molar-refractivity contribution >= 4 is 23.2 Å². The van der Waals surface area contributed by atoms with Gasteiger partial charge in [0.15, 0.2) is 0 Å². The second-order valence-electron chi connectivity index (χ2n) is 8.17. The van der Waals surface area contributed by atoms with Gasteiger partial charge in [-0.3, -0.25) is 14.6 Å². The van der Waals surface area contributed by atoms with Crippen molar-refractivity contribution in [1.82, 2.24) is 15.2 Å². The number of hydrogen-bond acceptors (Lipinski definition) is 4. The summed E-state index contributed by atoms with van der Waals surface area (Å²) in [7, 11) is 1.68. The molecule has 0 bridgehead atoms. The lowest BCUT2D eigenvalue weighted by molar-refractivity contribution is -0.141. The molecule has 4 rings (SSSR count). The maximum absolute atomic E-state index is 13.1. The number of nitrogens with one attached hydrogen (secondary N) is 1. The average molecular weight is 434 g/mol. The zero-order valence-electron chi connectivity index (χ0n) is 17.7. The molecule has 1 fully saturated rings. The first kappa shape index (κ1) is 21.2. The predicted octanol–water partition coefficient (Wildman–Crippen LogP) is 3.95. The molecule has 1 saturated heterocycles. The Morgan fingerprint density at radius 2 is 2.03 bits per heavy atom. The predicted molar refractivity (Wildman–Crippen MR) is 124 cm³/mol. The van der Waals surface area contributed by atoms with Crippen LogP contribution >= 0.6 is 11.3 Å². The SMILES string of the molecule is CNC(=O)C1(Cc2cccc(-c3cccs3)c2)CCCN(C(=O)Cc2cccnc2)C1. The third-order valence-electron chi connectivity index (χ3n) is 5.99. The Hall–Kier alpha value is -2.99. The number of piperidine rings is 1. The lowest BCUT2D eigenvalue weighted by atomic mass is 9.74. The molecule has 0 aliphatic carbocycles. The lowest BCUT2D eigenvalue weighted by Crippen LogP contribution is -2.54. The van der Waals surface area contributed by atoms with E-state index < -0.39 is 5.41 Å². The van der Waals surface area contributed by atoms with Gasteiger partial charge in [-0.1, -0.05) is 36.4 Å². The molecule has 2 amide bonds. The Balaban J connectivity index is 1.55. The van der Waals surface area contributed by atoms with Gasteiger partial charge in [-0.05, 0) is 53.5 Å². The van der Waals surface area contributed by atoms with Crippen LogP contribution in [0.2, 0.25) is 0 Å². The number of nitrogens with zero attached hydrogens (tertiary/aromatic N) is 2. The maximum atomic E-state index is 13.1. The van der Waals surface area contributed by atoms with Crippen LogP contribution in [0.1, 0.15) is 24.0 Å². The molecule has 31 heavy (non-hydrogen) atoms. The minimum atomic E-state index is -0.619. The first-order chi connectivity index (χ1) is 15.1. The summed E-state index contributed by atoms with van der Waals surface area (Å²) in [6.07, 6.45) is 5.94. The fourth-order valence-corrected chi connectivity index (χ4v) is 5.20. The first-order valence-corrected chi connectivity index (χ1v) is 11.5. The molecule has 5 nitrogen and oxygen atoms in total. The number of carbonyl (C=O) groups excluding carboxylic acids is 2. The van der Waals surface area contributed by atoms with Crippen molar-refractivity contribution in [3.8, 4) is 10.4 Å². The molecular formula is C25H27N3O2S. The van der Waals surface area contributed by atoms with E-state index in [1.807, 2.05) is 23.1 Å². The van der Waals surface area contributed by atoms with Gasteiger partial charge in [0.2, 0.25) is 11.8 Å². The van der Waals surface area contributed by atoms with Crippen LogP contribution in [-0.2, 0) is 22.4 Å². The van der Waals surface area contributed by atoms with Gasteiger partial charge >= 0.3 is 0 Å². The van der Waals surface area contributed by atoms with Gasteiger partial charge in [0.1, 0.15) is 0 Å². The third-order valence-corrected chi connectivity index (χ3v) is 6.91. The number of aromatic nitrogens is 1. The van der Waals surface area contributed by atoms with Gasteiger partial charge in [-0.15, -0.1) is 11.3 Å². The molecule has 2 aromatic heterocycles. The van der Waals surface area contributed by atoms with Gasteiger partial charge in [0, 0.05) is 37.4 Å². The van der Waals surface area contributed by atoms with Crippen LogP contribution in [0.5, 0.6) is 0 Å². The molecule has 0 spiro atoms. The fourth-order valence-electron chi connectivity index (χ4n) is 4.48. The number of hydrogen-bond donors (Lipinski definition) is 1. The van der Waals surface area contributed by atoms with Crippen molar-refractivity contribution in [2.45, 2.75) is 25.7 Å². The second-order valence-corrected chi connectivity index (χ2v) is 9.12. The lowest BCUT2D eigenvalue weighted by Gasteiger charge is -2.41. The van der Waals surface area contributed by atoms with Crippen molar-refractivity contribution in [1.29, 1.82) is 0 Å². The largest absolute Gasteiger partial charge is 0.359 e. The fraction of sp³-hybridized carbons (Fsp3) is 0.320. The number of carbonyl (C=O) groups is 2. The van der Waals surface area contributed by atoms with E-state index in [-0.39, 0.29) is 11.8 Å². The summed E-state index contributed by atoms with van der Waals surface area (Å²) >= 11 is 1.71. The summed E-state index contributed by atoms with van der Waals surface area (Å²) in [5, 5.41) is 4.93. The van der Waals surface area contributed by atoms with Crippen LogP contribution < -0.4 is 5.32 Å². The normalized spacial score (nSPS) is 18.5. The highest BCUT2D eigenvalue weighted by Gasteiger charge is 2.43. The van der Waals surface area contributed by atoms with Crippen molar-refractivity contribution in [2.24, 2.45) is 5.41 Å². The third kappa shape index (κ3) is 4.85. The van der Waals surface area contributed by atoms with Crippen LogP contribution in [0.15, 0.2) is 66.3 Å². The number of benzene rings is 1. The Labute approximate surface area is 187 Å². The van der Waals surface area contributed by atoms with E-state index in [0.29, 0.717) is 25.9 Å². The minimum Gasteiger partial charge on any atom is -0.359 e. The minimum absolute atomic E-state index is 0.00732. The van der Waals surface area contributed by atoms with Crippen LogP contribution in [0.25, 0.3) is 10.4 Å². The van der Waals surface area contributed by atoms with Gasteiger partial charge in [-0.25, -0.2) is 0 Å². The molecular weight excluding hydrogens is 406 g/mol. The van der Waals surface area contributed by atoms with Crippen molar-refractivity contribution in [3.05, 3.63) is 77.4 Å². The van der Waals surface area contributed by atoms with E-state index in [0.717, 1.165) is 24.0 Å². The van der Waals surface area contributed by atoms with Crippen molar-refractivity contribution in [2.75, 3.05) is 20.1 Å². The Kier molecular flexibility index (Phi) is 6.47. The summed E-state index contributed by atoms with van der Waals surface area (Å²) in [6.45, 7) is 1.13. The highest BCUT2D eigenvalue weighted by molar-refractivity contribution is 7.13. The molecule has 1 unspecified atom stereocenters. The Morgan fingerprint density at radius 1 is 1.16 bits per heavy atom. The molecule has 1 aliphatic heterocycles. The molecule has 6 heteroatoms. The standard InChI is InChI=1S/C25H27N3O2S/c1-26-24(30)25(16-19-6-2-8-21(14-19)22-9-4-13-31-22)10-5-12-28(18-25)23(29)15-20-7-3-11-27-17-20/h2-4,6-9,11,13-14,17H,5,10,12,15-16,18H2,1H3,(H,26,30). The van der Waals surface area contributed by atoms with E-state index in [2.05, 4.69) is 46.0 Å². The summed E-state index contributed by atoms with van der Waals surface area (Å²) < 4.78 is 0. The van der Waals surface area contributed by atoms with Crippen LogP contribution in [0.4, 0.5) is 0 Å². The molecule has 1 atom stereocenters. The maximum Gasteiger partial charge on any atom is 0.228 e. The highest BCUT2D eigenvalue weighted by atomic mass is 32.1. The van der Waals surface area contributed by atoms with E-state index in [9.17, 15) is 9.59 Å². The van der Waals surface area contributed by atoms with E-state index in [1.54, 1.807) is 30.8 Å². The molecule has 1 aliphatic rings. The Morgan fingerprint density at radius 3 is 2.77 bits per heavy atom. The number of amides is 2. The van der Waals surface area contributed by atoms with Crippen LogP contribution in [0, 0.1) is 5.41 Å². The van der Waals surface area contributed by atoms with Crippen molar-refractivity contribution < 1.29 is 9.59 Å². The van der Waals surface area contributed by atoms with Gasteiger partial charge in [0.05, 0.1) is 11.8 Å². The zero-order valence-corrected chi connectivity index (χ0v) is 18.5. The topological polar surface area (TPSA) is 62.3 Å². The van der Waals surface area contributed by atoms with Crippen LogP contribution in [0.3, 0.4) is 0 Å². The van der Waals surface area contributed by atoms with Gasteiger partial charge in [0.25, 0.3) is 0 Å². The molecule has 1 N–H and O–H groups in total. The Bertz CT molecular complexity index is 1040. The highest BCUT2D eigenvalue weighted by Crippen LogP contribution is 2.36. The molecule has 0 radical (unpaired) electrons. The zero-order chi connectivity index (χ0) is 21.7. The second kappa shape index (κ2) is 9.43. The smallest absolute Gasteiger partial charge is 0.228 e. The summed E-state index contributed by atoms with van der Waals surface area (Å²) in [5.74, 6) is 0.0567. The average Bonchev–Trinajstić information content (AvgIpc) is 3.34. The molecule has 1 aromatic carbocycles. The van der Waals surface area contributed by atoms with Crippen molar-refractivity contribution in [3.63, 3.8) is 0 Å². The summed E-state index contributed by atoms with van der Waals surface area (Å²) in [6, 6.07) is 16.3. The number of thiophene rings is 1. The molecule has 3 aromatic rings. The van der Waals surface area contributed by atoms with E-state index in [4.69, 9.17) is 0 Å². The van der Waals surface area contributed by atoms with Crippen LogP contribution in [-0.4, -0.2) is 41.8 Å². The number of rotatable bonds is 6. The molecule has 160 valence electrons. The monoisotopic (exact) mass is 433 g/mol. The first-order valence-electron chi connectivity index (χ1n) is 10.6. The molecule has 3 heterocycles. The van der Waals surface area contributed by atoms with Gasteiger partial charge in [-0.2, -0.15) is 0 Å². The number of likely N-dealkylation sites (tertiary alicyclic amines) is 1. The van der Waals surface area contributed by atoms with E-state index >= 15 is 0 Å². The summed E-state index contributed by atoms with van der Waals surface area (Å²) in [5.41, 5.74) is 2.56. The van der Waals surface area contributed by atoms with E-state index in [1.165, 1.54) is 10.4 Å². The summed E-state index contributed by atoms with van der Waals surface area (Å²) in [4.78, 5) is 33.2. The van der Waals surface area contributed by atoms with Gasteiger partial charge < -0.3 is 10.2 Å². The quantitative estimate of drug-likeness (QED) is 0.640.